The molecular formula is C23H25FN4O2. The van der Waals surface area contributed by atoms with Gasteiger partial charge in [0.15, 0.2) is 0 Å². The molecule has 0 amide bonds. The number of aromatic nitrogens is 3. The summed E-state index contributed by atoms with van der Waals surface area (Å²) in [6, 6.07) is 8.59. The van der Waals surface area contributed by atoms with Crippen molar-refractivity contribution in [3.8, 4) is 11.3 Å². The molecule has 4 aromatic rings. The molecule has 0 fully saturated rings. The fourth-order valence-corrected chi connectivity index (χ4v) is 3.82. The van der Waals surface area contributed by atoms with Gasteiger partial charge < -0.3 is 13.9 Å². The van der Waals surface area contributed by atoms with Gasteiger partial charge in [-0.05, 0) is 47.0 Å². The van der Waals surface area contributed by atoms with Gasteiger partial charge in [-0.1, -0.05) is 18.2 Å². The fraction of sp³-hybridized carbons (Fsp3) is 0.304. The number of fused-ring (bicyclic) bond motifs is 1. The zero-order chi connectivity index (χ0) is 21.6. The minimum absolute atomic E-state index is 0.122. The van der Waals surface area contributed by atoms with Gasteiger partial charge in [0.2, 0.25) is 5.78 Å². The number of hydrogen-bond donors (Lipinski definition) is 0. The summed E-state index contributed by atoms with van der Waals surface area (Å²) in [7, 11) is 3.90. The molecule has 0 aliphatic carbocycles. The highest BCUT2D eigenvalue weighted by Gasteiger charge is 2.22. The first-order chi connectivity index (χ1) is 14.3. The van der Waals surface area contributed by atoms with E-state index in [0.29, 0.717) is 29.1 Å². The Hall–Kier alpha value is -3.19. The Kier molecular flexibility index (Phi) is 5.07. The van der Waals surface area contributed by atoms with Gasteiger partial charge >= 0.3 is 0 Å². The maximum Gasteiger partial charge on any atom is 0.262 e. The largest absolute Gasteiger partial charge is 0.466 e. The summed E-state index contributed by atoms with van der Waals surface area (Å²) in [6.07, 6.45) is 1.74. The zero-order valence-corrected chi connectivity index (χ0v) is 17.9. The SMILES string of the molecule is Cc1cc(-c2nc3n(Cc4ccccc4F)cc(C)c(=O)n3c2CN(C)C)c(C)o1. The van der Waals surface area contributed by atoms with Crippen LogP contribution < -0.4 is 5.56 Å². The van der Waals surface area contributed by atoms with Gasteiger partial charge in [-0.15, -0.1) is 0 Å². The molecule has 0 saturated carbocycles. The van der Waals surface area contributed by atoms with Gasteiger partial charge in [0, 0.05) is 29.4 Å². The summed E-state index contributed by atoms with van der Waals surface area (Å²) in [5.74, 6) is 1.74. The zero-order valence-electron chi connectivity index (χ0n) is 17.9. The summed E-state index contributed by atoms with van der Waals surface area (Å²) in [4.78, 5) is 20.0. The average Bonchev–Trinajstić information content (AvgIpc) is 3.20. The van der Waals surface area contributed by atoms with Crippen molar-refractivity contribution in [3.05, 3.63) is 81.0 Å². The lowest BCUT2D eigenvalue weighted by Crippen LogP contribution is -2.24. The first-order valence-electron chi connectivity index (χ1n) is 9.83. The van der Waals surface area contributed by atoms with E-state index in [1.54, 1.807) is 35.7 Å². The molecule has 6 nitrogen and oxygen atoms in total. The van der Waals surface area contributed by atoms with Crippen LogP contribution in [0.1, 0.15) is 28.3 Å². The maximum atomic E-state index is 14.3. The molecule has 3 aromatic heterocycles. The van der Waals surface area contributed by atoms with Crippen molar-refractivity contribution in [2.24, 2.45) is 0 Å². The Morgan fingerprint density at radius 1 is 1.17 bits per heavy atom. The molecule has 0 aliphatic heterocycles. The Balaban J connectivity index is 2.02. The third kappa shape index (κ3) is 3.45. The molecule has 1 aromatic carbocycles. The third-order valence-corrected chi connectivity index (χ3v) is 5.16. The Bertz CT molecular complexity index is 1300. The van der Waals surface area contributed by atoms with Crippen LogP contribution in [-0.2, 0) is 13.1 Å². The Labute approximate surface area is 174 Å². The van der Waals surface area contributed by atoms with Crippen molar-refractivity contribution in [1.29, 1.82) is 0 Å². The molecule has 3 heterocycles. The van der Waals surface area contributed by atoms with Gasteiger partial charge in [0.25, 0.3) is 5.56 Å². The molecule has 30 heavy (non-hydrogen) atoms. The molecule has 0 spiro atoms. The molecule has 7 heteroatoms. The highest BCUT2D eigenvalue weighted by molar-refractivity contribution is 5.68. The van der Waals surface area contributed by atoms with E-state index < -0.39 is 0 Å². The number of hydrogen-bond acceptors (Lipinski definition) is 4. The van der Waals surface area contributed by atoms with E-state index in [0.717, 1.165) is 22.8 Å². The van der Waals surface area contributed by atoms with E-state index in [4.69, 9.17) is 9.40 Å². The fourth-order valence-electron chi connectivity index (χ4n) is 3.82. The quantitative estimate of drug-likeness (QED) is 0.502. The van der Waals surface area contributed by atoms with Crippen molar-refractivity contribution in [1.82, 2.24) is 18.9 Å². The number of aryl methyl sites for hydroxylation is 3. The number of nitrogens with zero attached hydrogens (tertiary/aromatic N) is 4. The van der Waals surface area contributed by atoms with E-state index in [-0.39, 0.29) is 17.9 Å². The molecule has 0 bridgehead atoms. The highest BCUT2D eigenvalue weighted by atomic mass is 19.1. The van der Waals surface area contributed by atoms with Crippen LogP contribution in [0.5, 0.6) is 0 Å². The average molecular weight is 408 g/mol. The van der Waals surface area contributed by atoms with E-state index in [1.807, 2.05) is 43.5 Å². The number of rotatable bonds is 5. The number of benzene rings is 1. The van der Waals surface area contributed by atoms with Crippen molar-refractivity contribution in [3.63, 3.8) is 0 Å². The second-order valence-electron chi connectivity index (χ2n) is 7.94. The lowest BCUT2D eigenvalue weighted by Gasteiger charge is -2.13. The molecule has 156 valence electrons. The smallest absolute Gasteiger partial charge is 0.262 e. The minimum Gasteiger partial charge on any atom is -0.466 e. The van der Waals surface area contributed by atoms with Crippen LogP contribution in [-0.4, -0.2) is 32.9 Å². The van der Waals surface area contributed by atoms with Gasteiger partial charge in [-0.2, -0.15) is 0 Å². The molecule has 4 rings (SSSR count). The van der Waals surface area contributed by atoms with Crippen LogP contribution in [0.15, 0.2) is 45.7 Å². The van der Waals surface area contributed by atoms with Crippen molar-refractivity contribution in [2.45, 2.75) is 33.9 Å². The summed E-state index contributed by atoms with van der Waals surface area (Å²) in [5, 5.41) is 0. The summed E-state index contributed by atoms with van der Waals surface area (Å²) < 4.78 is 23.5. The second kappa shape index (κ2) is 7.57. The first kappa shape index (κ1) is 20.1. The van der Waals surface area contributed by atoms with E-state index in [2.05, 4.69) is 0 Å². The van der Waals surface area contributed by atoms with Crippen LogP contribution in [0, 0.1) is 26.6 Å². The van der Waals surface area contributed by atoms with Crippen LogP contribution in [0.25, 0.3) is 17.0 Å². The number of imidazole rings is 1. The Morgan fingerprint density at radius 3 is 2.53 bits per heavy atom. The molecule has 0 aliphatic rings. The predicted octanol–water partition coefficient (Wildman–Crippen LogP) is 3.93. The van der Waals surface area contributed by atoms with Crippen LogP contribution in [0.4, 0.5) is 4.39 Å². The topological polar surface area (TPSA) is 55.7 Å². The van der Waals surface area contributed by atoms with Crippen LogP contribution in [0.2, 0.25) is 0 Å². The van der Waals surface area contributed by atoms with Gasteiger partial charge in [-0.25, -0.2) is 13.8 Å². The molecule has 0 radical (unpaired) electrons. The Morgan fingerprint density at radius 2 is 1.90 bits per heavy atom. The summed E-state index contributed by atoms with van der Waals surface area (Å²) in [6.45, 7) is 6.35. The van der Waals surface area contributed by atoms with Crippen LogP contribution in [0.3, 0.4) is 0 Å². The van der Waals surface area contributed by atoms with Crippen molar-refractivity contribution >= 4 is 5.78 Å². The van der Waals surface area contributed by atoms with Crippen molar-refractivity contribution in [2.75, 3.05) is 14.1 Å². The number of halogens is 1. The third-order valence-electron chi connectivity index (χ3n) is 5.16. The maximum absolute atomic E-state index is 14.3. The molecule has 0 saturated heterocycles. The van der Waals surface area contributed by atoms with Gasteiger partial charge in [0.05, 0.1) is 17.9 Å². The molecule has 0 unspecified atom stereocenters. The van der Waals surface area contributed by atoms with E-state index in [1.165, 1.54) is 6.07 Å². The first-order valence-corrected chi connectivity index (χ1v) is 9.83. The summed E-state index contributed by atoms with van der Waals surface area (Å²) in [5.41, 5.74) is 3.35. The molecule has 0 atom stereocenters. The molecule has 0 N–H and O–H groups in total. The lowest BCUT2D eigenvalue weighted by molar-refractivity contribution is 0.395. The number of furan rings is 1. The lowest BCUT2D eigenvalue weighted by atomic mass is 10.1. The standard InChI is InChI=1S/C23H25FN4O2/c1-14-11-27(12-17-8-6-7-9-19(17)24)23-25-21(18-10-15(2)30-16(18)3)20(13-26(4)5)28(23)22(14)29/h6-11H,12-13H2,1-5H3. The monoisotopic (exact) mass is 408 g/mol. The second-order valence-corrected chi connectivity index (χ2v) is 7.94. The van der Waals surface area contributed by atoms with Gasteiger partial charge in [-0.3, -0.25) is 4.79 Å². The van der Waals surface area contributed by atoms with E-state index in [9.17, 15) is 9.18 Å². The highest BCUT2D eigenvalue weighted by Crippen LogP contribution is 2.30. The van der Waals surface area contributed by atoms with Gasteiger partial charge in [0.1, 0.15) is 17.3 Å². The normalized spacial score (nSPS) is 11.7. The van der Waals surface area contributed by atoms with Crippen LogP contribution >= 0.6 is 0 Å². The minimum atomic E-state index is -0.284. The summed E-state index contributed by atoms with van der Waals surface area (Å²) >= 11 is 0. The van der Waals surface area contributed by atoms with Crippen molar-refractivity contribution < 1.29 is 8.81 Å². The molecular weight excluding hydrogens is 383 g/mol. The predicted molar refractivity (Wildman–Crippen MR) is 114 cm³/mol. The van der Waals surface area contributed by atoms with E-state index >= 15 is 0 Å².